The summed E-state index contributed by atoms with van der Waals surface area (Å²) < 4.78 is 48.3. The van der Waals surface area contributed by atoms with Gasteiger partial charge >= 0.3 is 11.9 Å². The van der Waals surface area contributed by atoms with Crippen LogP contribution in [0.4, 0.5) is 0 Å². The van der Waals surface area contributed by atoms with E-state index in [0.717, 1.165) is 5.57 Å². The van der Waals surface area contributed by atoms with Gasteiger partial charge in [-0.05, 0) is 110 Å². The first kappa shape index (κ1) is 60.5. The Morgan fingerprint density at radius 1 is 0.590 bits per heavy atom. The lowest BCUT2D eigenvalue weighted by molar-refractivity contribution is -0.395. The molecule has 9 aliphatic rings. The lowest BCUT2D eigenvalue weighted by Crippen LogP contribution is -2.69. The van der Waals surface area contributed by atoms with Crippen LogP contribution in [0.5, 0.6) is 0 Å². The van der Waals surface area contributed by atoms with E-state index in [4.69, 9.17) is 37.9 Å². The number of aliphatic hydroxyl groups is 13. The maximum absolute atomic E-state index is 14.8. The Balaban J connectivity index is 1.01. The second-order valence-electron chi connectivity index (χ2n) is 26.4. The van der Waals surface area contributed by atoms with Gasteiger partial charge in [-0.3, -0.25) is 4.79 Å². The third kappa shape index (κ3) is 9.53. The molecule has 0 aromatic rings. The fourth-order valence-electron chi connectivity index (χ4n) is 16.5. The number of carbonyl (C=O) groups excluding carboxylic acids is 1. The van der Waals surface area contributed by atoms with E-state index in [2.05, 4.69) is 40.7 Å². The first-order valence-electron chi connectivity index (χ1n) is 27.8. The van der Waals surface area contributed by atoms with Gasteiger partial charge < -0.3 is 109 Å². The summed E-state index contributed by atoms with van der Waals surface area (Å²) in [4.78, 5) is 27.7. The quantitative estimate of drug-likeness (QED) is 0.0608. The summed E-state index contributed by atoms with van der Waals surface area (Å²) in [5, 5.41) is 151. The summed E-state index contributed by atoms with van der Waals surface area (Å²) in [5.74, 6) is -2.97. The van der Waals surface area contributed by atoms with E-state index in [9.17, 15) is 81.1 Å². The molecule has 9 rings (SSSR count). The van der Waals surface area contributed by atoms with Gasteiger partial charge in [0, 0.05) is 0 Å². The van der Waals surface area contributed by atoms with Crippen LogP contribution < -0.4 is 0 Å². The first-order valence-corrected chi connectivity index (χ1v) is 27.8. The second kappa shape index (κ2) is 21.5. The van der Waals surface area contributed by atoms with E-state index in [1.807, 2.05) is 13.8 Å². The summed E-state index contributed by atoms with van der Waals surface area (Å²) >= 11 is 0. The van der Waals surface area contributed by atoms with Crippen LogP contribution in [0.3, 0.4) is 0 Å². The zero-order valence-electron chi connectivity index (χ0n) is 45.6. The van der Waals surface area contributed by atoms with Crippen molar-refractivity contribution in [2.45, 2.75) is 248 Å². The third-order valence-corrected chi connectivity index (χ3v) is 21.4. The van der Waals surface area contributed by atoms with E-state index in [1.165, 1.54) is 6.92 Å². The maximum atomic E-state index is 14.8. The van der Waals surface area contributed by atoms with Gasteiger partial charge in [0.2, 0.25) is 6.29 Å². The molecule has 4 heterocycles. The highest BCUT2D eigenvalue weighted by Crippen LogP contribution is 2.76. The smallest absolute Gasteiger partial charge is 0.335 e. The van der Waals surface area contributed by atoms with E-state index in [0.29, 0.717) is 44.9 Å². The maximum Gasteiger partial charge on any atom is 0.335 e. The number of aliphatic carboxylic acids is 1. The highest BCUT2D eigenvalue weighted by molar-refractivity contribution is 5.80. The topological polar surface area (TPSA) is 391 Å². The molecule has 0 spiro atoms. The molecule has 5 aliphatic carbocycles. The lowest BCUT2D eigenvalue weighted by Gasteiger charge is -2.71. The first-order chi connectivity index (χ1) is 36.3. The van der Waals surface area contributed by atoms with Crippen molar-refractivity contribution in [2.75, 3.05) is 13.2 Å². The molecule has 0 aromatic carbocycles. The minimum absolute atomic E-state index is 0.0193. The summed E-state index contributed by atoms with van der Waals surface area (Å²) in [7, 11) is 0. The van der Waals surface area contributed by atoms with Crippen LogP contribution >= 0.6 is 0 Å². The Labute approximate surface area is 453 Å². The molecule has 24 heteroatoms. The number of ether oxygens (including phenoxy) is 8. The number of carboxylic acid groups (broad SMARTS) is 1. The predicted molar refractivity (Wildman–Crippen MR) is 263 cm³/mol. The number of allylic oxidation sites excluding steroid dienone is 2. The summed E-state index contributed by atoms with van der Waals surface area (Å²) in [6, 6.07) is 0. The van der Waals surface area contributed by atoms with E-state index < -0.39 is 193 Å². The van der Waals surface area contributed by atoms with Crippen LogP contribution in [0.25, 0.3) is 0 Å². The molecule has 24 nitrogen and oxygen atoms in total. The Bertz CT molecular complexity index is 2210. The monoisotopic (exact) mass is 1120 g/mol. The number of hydrogen-bond acceptors (Lipinski definition) is 23. The molecule has 78 heavy (non-hydrogen) atoms. The Hall–Kier alpha value is -2.12. The van der Waals surface area contributed by atoms with Crippen molar-refractivity contribution >= 4 is 11.9 Å². The molecule has 4 saturated heterocycles. The van der Waals surface area contributed by atoms with Crippen LogP contribution in [0, 0.1) is 50.2 Å². The Morgan fingerprint density at radius 2 is 1.15 bits per heavy atom. The van der Waals surface area contributed by atoms with Gasteiger partial charge in [0.1, 0.15) is 90.9 Å². The molecule has 4 aliphatic heterocycles. The van der Waals surface area contributed by atoms with Gasteiger partial charge in [-0.2, -0.15) is 0 Å². The number of hydrogen-bond donors (Lipinski definition) is 14. The molecule has 0 bridgehead atoms. The average Bonchev–Trinajstić information content (AvgIpc) is 1.90. The summed E-state index contributed by atoms with van der Waals surface area (Å²) in [6.07, 6.45) is -30.3. The van der Waals surface area contributed by atoms with Crippen molar-refractivity contribution in [1.29, 1.82) is 0 Å². The zero-order chi connectivity index (χ0) is 57.3. The predicted octanol–water partition coefficient (Wildman–Crippen LogP) is -1.94. The highest BCUT2D eigenvalue weighted by atomic mass is 16.8. The molecular weight excluding hydrogens is 1030 g/mol. The average molecular weight is 1120 g/mol. The molecule has 0 aromatic heterocycles. The zero-order valence-corrected chi connectivity index (χ0v) is 45.6. The van der Waals surface area contributed by atoms with Crippen LogP contribution in [-0.4, -0.2) is 232 Å². The fraction of sp³-hybridized carbons (Fsp3) is 0.926. The summed E-state index contributed by atoms with van der Waals surface area (Å²) in [6.45, 7) is 15.0. The van der Waals surface area contributed by atoms with E-state index in [1.54, 1.807) is 0 Å². The van der Waals surface area contributed by atoms with Crippen molar-refractivity contribution in [3.8, 4) is 0 Å². The molecule has 0 radical (unpaired) electrons. The second-order valence-corrected chi connectivity index (χ2v) is 26.4. The van der Waals surface area contributed by atoms with Gasteiger partial charge in [-0.1, -0.05) is 60.1 Å². The minimum atomic E-state index is -2.12. The van der Waals surface area contributed by atoms with Crippen LogP contribution in [0.1, 0.15) is 113 Å². The number of rotatable bonds is 11. The molecule has 29 atom stereocenters. The van der Waals surface area contributed by atoms with Crippen LogP contribution in [0.15, 0.2) is 11.6 Å². The Morgan fingerprint density at radius 3 is 1.76 bits per heavy atom. The minimum Gasteiger partial charge on any atom is -0.479 e. The SMILES string of the molecule is C[C@@H]1O[C@@H](O[C@H]2[C@H](O)[C@@H](C(=O)O)O[C@@H](O[C@H]3CC[C@]4(C)[C@H]5CC=C6[C@@H]7CC(C)(C)CC[C@]7(C(=O)O[C@@H]7O[C@H](CO)[C@@H](O)[C@H](O)[C@H]7O)[C@H](O)C[C@@]6(C)[C@]5(C)CC[C@H]4C3(C)C)[C@@H]2O[C@@H]2O[C@H](CO)[C@H](O)[C@H](O)[C@H]2O)[C@H](O)[C@H](O)[C@H]1O. The van der Waals surface area contributed by atoms with Crippen molar-refractivity contribution < 1.29 is 119 Å². The molecule has 8 fully saturated rings. The molecular formula is C54H86O24. The number of aliphatic hydroxyl groups excluding tert-OH is 13. The molecule has 4 saturated carbocycles. The van der Waals surface area contributed by atoms with E-state index >= 15 is 0 Å². The third-order valence-electron chi connectivity index (χ3n) is 21.4. The van der Waals surface area contributed by atoms with Crippen LogP contribution in [0.2, 0.25) is 0 Å². The van der Waals surface area contributed by atoms with Crippen molar-refractivity contribution in [3.05, 3.63) is 11.6 Å². The Kier molecular flexibility index (Phi) is 16.7. The summed E-state index contributed by atoms with van der Waals surface area (Å²) in [5.41, 5.74) is -2.84. The number of carbonyl (C=O) groups is 2. The van der Waals surface area contributed by atoms with Crippen molar-refractivity contribution in [3.63, 3.8) is 0 Å². The van der Waals surface area contributed by atoms with Gasteiger partial charge in [0.05, 0.1) is 31.5 Å². The normalized spacial score (nSPS) is 53.8. The standard InChI is InChI=1S/C54H86O24/c1-21-30(58)33(61)36(64)44(71-21)75-40-39(67)41(43(68)69)76-47(42(40)77-45-37(65)34(62)31(59)24(19-55)72-45)74-29-12-13-51(6)26(50(29,4)5)11-14-52(7)27(51)10-9-22-23-17-49(2,3)15-16-54(23,28(57)18-53(22,52)8)48(70)78-46-38(66)35(63)32(60)25(20-56)73-46/h9,21,23-42,44-47,55-67H,10-20H2,1-8H3,(H,68,69)/t21-,23-,24+,25+,26-,27+,28+,29-,30-,31-,32+,33+,34-,35-,36+,37+,38+,39-,40-,41-,42+,44-,45-,46-,47+,51-,52+,53+,54+/m0/s1. The number of fused-ring (bicyclic) bond motifs is 7. The molecule has 14 N–H and O–H groups in total. The highest BCUT2D eigenvalue weighted by Gasteiger charge is 2.72. The lowest BCUT2D eigenvalue weighted by atomic mass is 9.33. The molecule has 446 valence electrons. The van der Waals surface area contributed by atoms with Gasteiger partial charge in [0.15, 0.2) is 25.0 Å². The van der Waals surface area contributed by atoms with Crippen molar-refractivity contribution in [2.24, 2.45) is 50.2 Å². The molecule has 0 unspecified atom stereocenters. The van der Waals surface area contributed by atoms with Crippen LogP contribution in [-0.2, 0) is 47.5 Å². The van der Waals surface area contributed by atoms with Gasteiger partial charge in [-0.25, -0.2) is 4.79 Å². The number of esters is 1. The van der Waals surface area contributed by atoms with Crippen molar-refractivity contribution in [1.82, 2.24) is 0 Å². The molecule has 0 amide bonds. The van der Waals surface area contributed by atoms with E-state index in [-0.39, 0.29) is 30.1 Å². The van der Waals surface area contributed by atoms with Gasteiger partial charge in [0.25, 0.3) is 0 Å². The fourth-order valence-corrected chi connectivity index (χ4v) is 16.5. The van der Waals surface area contributed by atoms with Gasteiger partial charge in [-0.15, -0.1) is 0 Å². The number of carboxylic acids is 1. The largest absolute Gasteiger partial charge is 0.479 e.